The molecule has 0 aromatic heterocycles. The highest BCUT2D eigenvalue weighted by molar-refractivity contribution is 6.33. The fourth-order valence-corrected chi connectivity index (χ4v) is 1.28. The lowest BCUT2D eigenvalue weighted by molar-refractivity contribution is -0.111. The number of hydrogen-bond donors (Lipinski definition) is 3. The predicted octanol–water partition coefficient (Wildman–Crippen LogP) is 2.79. The summed E-state index contributed by atoms with van der Waals surface area (Å²) in [4.78, 5) is 11.5. The SMILES string of the molecule is CC=C(O)/C(Cl)=C/C(=O)Nc1ccc(N)cc1. The number of rotatable bonds is 3. The second-order valence-corrected chi connectivity index (χ2v) is 3.68. The van der Waals surface area contributed by atoms with E-state index >= 15 is 0 Å². The van der Waals surface area contributed by atoms with Crippen molar-refractivity contribution in [3.8, 4) is 0 Å². The van der Waals surface area contributed by atoms with E-state index < -0.39 is 5.91 Å². The Morgan fingerprint density at radius 1 is 1.41 bits per heavy atom. The molecule has 0 radical (unpaired) electrons. The first-order valence-electron chi connectivity index (χ1n) is 4.92. The Bertz CT molecular complexity index is 464. The standard InChI is InChI=1S/C12H13ClN2O2/c1-2-11(16)10(13)7-12(17)15-9-5-3-8(14)4-6-9/h2-7,16H,14H2,1H3,(H,15,17)/b10-7-,11-2?. The molecule has 1 amide bonds. The van der Waals surface area contributed by atoms with E-state index in [1.165, 1.54) is 6.08 Å². The number of allylic oxidation sites excluding steroid dienone is 2. The van der Waals surface area contributed by atoms with Crippen LogP contribution in [0.1, 0.15) is 6.92 Å². The van der Waals surface area contributed by atoms with Gasteiger partial charge in [-0.15, -0.1) is 0 Å². The first kappa shape index (κ1) is 13.1. The van der Waals surface area contributed by atoms with Gasteiger partial charge in [-0.3, -0.25) is 4.79 Å². The Balaban J connectivity index is 2.70. The quantitative estimate of drug-likeness (QED) is 0.335. The highest BCUT2D eigenvalue weighted by Gasteiger charge is 2.03. The average Bonchev–Trinajstić information content (AvgIpc) is 2.30. The van der Waals surface area contributed by atoms with Gasteiger partial charge < -0.3 is 16.2 Å². The van der Waals surface area contributed by atoms with Gasteiger partial charge in [0.1, 0.15) is 5.76 Å². The lowest BCUT2D eigenvalue weighted by atomic mass is 10.3. The molecule has 1 aromatic carbocycles. The Morgan fingerprint density at radius 3 is 2.53 bits per heavy atom. The van der Waals surface area contributed by atoms with Gasteiger partial charge >= 0.3 is 0 Å². The van der Waals surface area contributed by atoms with Gasteiger partial charge in [-0.25, -0.2) is 0 Å². The highest BCUT2D eigenvalue weighted by Crippen LogP contribution is 2.13. The third-order valence-corrected chi connectivity index (χ3v) is 2.26. The zero-order valence-electron chi connectivity index (χ0n) is 9.27. The van der Waals surface area contributed by atoms with Gasteiger partial charge in [0.2, 0.25) is 5.91 Å². The molecular formula is C12H13ClN2O2. The van der Waals surface area contributed by atoms with Crippen LogP contribution in [0.4, 0.5) is 11.4 Å². The maximum absolute atomic E-state index is 11.5. The normalized spacial score (nSPS) is 12.4. The average molecular weight is 253 g/mol. The number of aliphatic hydroxyl groups excluding tert-OH is 1. The van der Waals surface area contributed by atoms with Gasteiger partial charge in [0.25, 0.3) is 0 Å². The Labute approximate surface area is 104 Å². The number of nitrogen functional groups attached to an aromatic ring is 1. The van der Waals surface area contributed by atoms with E-state index in [-0.39, 0.29) is 10.8 Å². The molecule has 0 aliphatic carbocycles. The van der Waals surface area contributed by atoms with Crippen LogP contribution >= 0.6 is 11.6 Å². The van der Waals surface area contributed by atoms with E-state index in [0.717, 1.165) is 6.08 Å². The topological polar surface area (TPSA) is 75.3 Å². The van der Waals surface area contributed by atoms with E-state index in [1.54, 1.807) is 31.2 Å². The number of hydrogen-bond acceptors (Lipinski definition) is 3. The molecule has 4 nitrogen and oxygen atoms in total. The van der Waals surface area contributed by atoms with Crippen LogP contribution in [0, 0.1) is 0 Å². The molecule has 0 bridgehead atoms. The van der Waals surface area contributed by atoms with Crippen molar-refractivity contribution in [2.45, 2.75) is 6.92 Å². The zero-order valence-corrected chi connectivity index (χ0v) is 10.0. The lowest BCUT2D eigenvalue weighted by Gasteiger charge is -2.03. The molecule has 17 heavy (non-hydrogen) atoms. The largest absolute Gasteiger partial charge is 0.507 e. The number of amides is 1. The van der Waals surface area contributed by atoms with Crippen molar-refractivity contribution < 1.29 is 9.90 Å². The third-order valence-electron chi connectivity index (χ3n) is 1.95. The van der Waals surface area contributed by atoms with E-state index in [9.17, 15) is 9.90 Å². The zero-order chi connectivity index (χ0) is 12.8. The number of halogens is 1. The fourth-order valence-electron chi connectivity index (χ4n) is 1.07. The summed E-state index contributed by atoms with van der Waals surface area (Å²) in [5, 5.41) is 11.8. The number of aliphatic hydroxyl groups is 1. The molecule has 0 aliphatic rings. The molecule has 0 heterocycles. The van der Waals surface area contributed by atoms with Crippen LogP contribution in [0.5, 0.6) is 0 Å². The van der Waals surface area contributed by atoms with Crippen LogP contribution < -0.4 is 11.1 Å². The summed E-state index contributed by atoms with van der Waals surface area (Å²) >= 11 is 5.68. The Morgan fingerprint density at radius 2 is 2.00 bits per heavy atom. The van der Waals surface area contributed by atoms with E-state index in [0.29, 0.717) is 11.4 Å². The summed E-state index contributed by atoms with van der Waals surface area (Å²) in [5.41, 5.74) is 6.73. The van der Waals surface area contributed by atoms with Gasteiger partial charge in [-0.1, -0.05) is 11.6 Å². The molecule has 4 N–H and O–H groups in total. The summed E-state index contributed by atoms with van der Waals surface area (Å²) in [6.07, 6.45) is 2.50. The van der Waals surface area contributed by atoms with Crippen LogP contribution in [0.15, 0.2) is 47.2 Å². The molecule has 90 valence electrons. The fraction of sp³-hybridized carbons (Fsp3) is 0.0833. The minimum absolute atomic E-state index is 0.0135. The number of benzene rings is 1. The molecule has 1 aromatic rings. The second-order valence-electron chi connectivity index (χ2n) is 3.28. The van der Waals surface area contributed by atoms with Gasteiger partial charge in [0.15, 0.2) is 0 Å². The van der Waals surface area contributed by atoms with Crippen molar-refractivity contribution in [1.82, 2.24) is 0 Å². The Hall–Kier alpha value is -1.94. The highest BCUT2D eigenvalue weighted by atomic mass is 35.5. The molecule has 0 saturated carbocycles. The molecule has 0 aliphatic heterocycles. The maximum Gasteiger partial charge on any atom is 0.249 e. The van der Waals surface area contributed by atoms with Gasteiger partial charge in [0, 0.05) is 17.5 Å². The summed E-state index contributed by atoms with van der Waals surface area (Å²) < 4.78 is 0. The van der Waals surface area contributed by atoms with Crippen LogP contribution in [-0.2, 0) is 4.79 Å². The van der Waals surface area contributed by atoms with Gasteiger partial charge in [-0.2, -0.15) is 0 Å². The molecule has 0 atom stereocenters. The number of nitrogens with one attached hydrogen (secondary N) is 1. The van der Waals surface area contributed by atoms with Crippen molar-refractivity contribution in [2.24, 2.45) is 0 Å². The monoisotopic (exact) mass is 252 g/mol. The maximum atomic E-state index is 11.5. The van der Waals surface area contributed by atoms with Crippen LogP contribution in [0.25, 0.3) is 0 Å². The van der Waals surface area contributed by atoms with Crippen LogP contribution in [0.2, 0.25) is 0 Å². The summed E-state index contributed by atoms with van der Waals surface area (Å²) in [7, 11) is 0. The second kappa shape index (κ2) is 5.96. The van der Waals surface area contributed by atoms with Crippen molar-refractivity contribution in [3.63, 3.8) is 0 Å². The summed E-state index contributed by atoms with van der Waals surface area (Å²) in [6, 6.07) is 6.68. The first-order chi connectivity index (χ1) is 8.02. The Kier molecular flexibility index (Phi) is 4.60. The lowest BCUT2D eigenvalue weighted by Crippen LogP contribution is -2.08. The minimum atomic E-state index is -0.423. The molecule has 0 saturated heterocycles. The number of carbonyl (C=O) groups is 1. The van der Waals surface area contributed by atoms with E-state index in [2.05, 4.69) is 5.32 Å². The summed E-state index contributed by atoms with van der Waals surface area (Å²) in [6.45, 7) is 1.61. The predicted molar refractivity (Wildman–Crippen MR) is 69.8 cm³/mol. The van der Waals surface area contributed by atoms with Gasteiger partial charge in [0.05, 0.1) is 5.03 Å². The molecule has 0 spiro atoms. The van der Waals surface area contributed by atoms with Crippen LogP contribution in [0.3, 0.4) is 0 Å². The first-order valence-corrected chi connectivity index (χ1v) is 5.30. The van der Waals surface area contributed by atoms with Crippen molar-refractivity contribution in [2.75, 3.05) is 11.1 Å². The number of anilines is 2. The summed E-state index contributed by atoms with van der Waals surface area (Å²) in [5.74, 6) is -0.563. The molecule has 1 rings (SSSR count). The molecule has 0 fully saturated rings. The molecule has 0 unspecified atom stereocenters. The van der Waals surface area contributed by atoms with Crippen LogP contribution in [-0.4, -0.2) is 11.0 Å². The number of carbonyl (C=O) groups excluding carboxylic acids is 1. The minimum Gasteiger partial charge on any atom is -0.507 e. The van der Waals surface area contributed by atoms with Gasteiger partial charge in [-0.05, 0) is 37.3 Å². The van der Waals surface area contributed by atoms with E-state index in [1.807, 2.05) is 0 Å². The van der Waals surface area contributed by atoms with E-state index in [4.69, 9.17) is 17.3 Å². The third kappa shape index (κ3) is 4.20. The smallest absolute Gasteiger partial charge is 0.249 e. The van der Waals surface area contributed by atoms with Crippen molar-refractivity contribution in [1.29, 1.82) is 0 Å². The van der Waals surface area contributed by atoms with Crippen molar-refractivity contribution in [3.05, 3.63) is 47.2 Å². The number of nitrogens with two attached hydrogens (primary N) is 1. The molecular weight excluding hydrogens is 240 g/mol. The molecule has 5 heteroatoms. The van der Waals surface area contributed by atoms with Crippen molar-refractivity contribution >= 4 is 28.9 Å².